The molecule has 3 aliphatic carbocycles. The van der Waals surface area contributed by atoms with Crippen LogP contribution in [-0.4, -0.2) is 29.1 Å². The van der Waals surface area contributed by atoms with Gasteiger partial charge >= 0.3 is 0 Å². The van der Waals surface area contributed by atoms with Crippen LogP contribution in [0.4, 0.5) is 0 Å². The van der Waals surface area contributed by atoms with Crippen molar-refractivity contribution in [1.82, 2.24) is 0 Å². The highest BCUT2D eigenvalue weighted by Crippen LogP contribution is 2.61. The van der Waals surface area contributed by atoms with Gasteiger partial charge in [0, 0.05) is 11.1 Å². The van der Waals surface area contributed by atoms with Gasteiger partial charge in [-0.15, -0.1) is 0 Å². The first-order valence-electron chi connectivity index (χ1n) is 11.7. The number of oxime groups is 1. The van der Waals surface area contributed by atoms with Crippen molar-refractivity contribution in [2.24, 2.45) is 22.4 Å². The van der Waals surface area contributed by atoms with Crippen LogP contribution in [0.2, 0.25) is 0 Å². The largest absolute Gasteiger partial charge is 0.504 e. The van der Waals surface area contributed by atoms with Gasteiger partial charge in [0.1, 0.15) is 6.61 Å². The first kappa shape index (κ1) is 21.8. The van der Waals surface area contributed by atoms with Crippen LogP contribution in [0, 0.1) is 28.6 Å². The average Bonchev–Trinajstić information content (AvgIpc) is 3.13. The monoisotopic (exact) mass is 446 g/mol. The molecule has 0 heterocycles. The van der Waals surface area contributed by atoms with Gasteiger partial charge in [0.15, 0.2) is 11.5 Å². The van der Waals surface area contributed by atoms with Gasteiger partial charge in [-0.25, -0.2) is 0 Å². The van der Waals surface area contributed by atoms with E-state index < -0.39 is 0 Å². The van der Waals surface area contributed by atoms with E-state index in [-0.39, 0.29) is 23.9 Å². The minimum absolute atomic E-state index is 0.0582. The van der Waals surface area contributed by atoms with Crippen LogP contribution in [-0.2, 0) is 11.4 Å². The lowest BCUT2D eigenvalue weighted by Crippen LogP contribution is -2.45. The summed E-state index contributed by atoms with van der Waals surface area (Å²) in [6, 6.07) is 13.2. The zero-order valence-electron chi connectivity index (χ0n) is 19.1. The Morgan fingerprint density at radius 3 is 2.82 bits per heavy atom. The smallest absolute Gasteiger partial charge is 0.160 e. The number of aliphatic hydroxyl groups is 1. The second-order valence-electron chi connectivity index (χ2n) is 9.91. The predicted molar refractivity (Wildman–Crippen MR) is 124 cm³/mol. The van der Waals surface area contributed by atoms with Crippen LogP contribution in [0.25, 0.3) is 0 Å². The predicted octanol–water partition coefficient (Wildman–Crippen LogP) is 4.87. The number of phenols is 1. The van der Waals surface area contributed by atoms with Crippen LogP contribution >= 0.6 is 0 Å². The fraction of sp³-hybridized carbons (Fsp3) is 0.481. The molecule has 0 radical (unpaired) electrons. The molecule has 5 atom stereocenters. The van der Waals surface area contributed by atoms with E-state index in [1.807, 2.05) is 24.3 Å². The number of fused-ring (bicyclic) bond motifs is 5. The van der Waals surface area contributed by atoms with E-state index >= 15 is 0 Å². The first-order chi connectivity index (χ1) is 16.0. The van der Waals surface area contributed by atoms with Crippen molar-refractivity contribution in [3.05, 3.63) is 58.7 Å². The molecular formula is C27H30N2O4. The molecule has 0 saturated heterocycles. The van der Waals surface area contributed by atoms with Crippen molar-refractivity contribution >= 4 is 5.71 Å². The van der Waals surface area contributed by atoms with E-state index in [0.29, 0.717) is 29.1 Å². The summed E-state index contributed by atoms with van der Waals surface area (Å²) in [4.78, 5) is 5.77. The molecule has 2 fully saturated rings. The molecule has 6 heteroatoms. The maximum absolute atomic E-state index is 10.7. The number of rotatable bonds is 4. The first-order valence-corrected chi connectivity index (χ1v) is 11.7. The number of nitrogens with zero attached hydrogens (tertiary/aromatic N) is 2. The number of hydrogen-bond acceptors (Lipinski definition) is 6. The maximum Gasteiger partial charge on any atom is 0.160 e. The minimum Gasteiger partial charge on any atom is -0.504 e. The fourth-order valence-electron chi connectivity index (χ4n) is 6.59. The lowest BCUT2D eigenvalue weighted by molar-refractivity contribution is -0.0180. The Morgan fingerprint density at radius 2 is 2.03 bits per heavy atom. The summed E-state index contributed by atoms with van der Waals surface area (Å²) in [5.41, 5.74) is 4.17. The summed E-state index contributed by atoms with van der Waals surface area (Å²) in [5, 5.41) is 35.1. The normalized spacial score (nSPS) is 31.3. The second kappa shape index (κ2) is 8.39. The molecule has 2 saturated carbocycles. The molecule has 0 spiro atoms. The Morgan fingerprint density at radius 1 is 1.21 bits per heavy atom. The highest BCUT2D eigenvalue weighted by molar-refractivity contribution is 6.03. The maximum atomic E-state index is 10.7. The van der Waals surface area contributed by atoms with Crippen molar-refractivity contribution in [2.45, 2.75) is 57.7 Å². The third-order valence-electron chi connectivity index (χ3n) is 8.41. The molecule has 1 unspecified atom stereocenters. The number of nitriles is 1. The molecule has 172 valence electrons. The van der Waals surface area contributed by atoms with Gasteiger partial charge < -0.3 is 19.8 Å². The standard InChI is InChI=1S/C27H30N2O4/c1-27-10-9-18-19-13-25(32-2)24(30)12-21(19)23(11-20(18)22(27)7-8-26(27)31)29-33-15-17-6-4-3-5-16(17)14-28/h3-6,12-13,18,20,22,26,30-31H,7-11,15H2,1-2H3/t18-,20-,22+,26?,27+/m1/s1. The lowest BCUT2D eigenvalue weighted by Gasteiger charge is -2.50. The Balaban J connectivity index is 1.51. The third kappa shape index (κ3) is 3.55. The molecule has 2 N–H and O–H groups in total. The summed E-state index contributed by atoms with van der Waals surface area (Å²) in [6.45, 7) is 2.45. The third-order valence-corrected chi connectivity index (χ3v) is 8.41. The molecule has 2 aromatic rings. The van der Waals surface area contributed by atoms with Crippen LogP contribution in [0.1, 0.15) is 67.2 Å². The molecule has 0 amide bonds. The van der Waals surface area contributed by atoms with Crippen LogP contribution in [0.5, 0.6) is 11.5 Å². The van der Waals surface area contributed by atoms with E-state index in [9.17, 15) is 15.5 Å². The molecule has 2 aromatic carbocycles. The minimum atomic E-state index is -0.252. The fourth-order valence-corrected chi connectivity index (χ4v) is 6.59. The summed E-state index contributed by atoms with van der Waals surface area (Å²) in [5.74, 6) is 1.68. The quantitative estimate of drug-likeness (QED) is 0.654. The number of hydrogen-bond donors (Lipinski definition) is 2. The summed E-state index contributed by atoms with van der Waals surface area (Å²) >= 11 is 0. The summed E-state index contributed by atoms with van der Waals surface area (Å²) < 4.78 is 5.42. The van der Waals surface area contributed by atoms with Gasteiger partial charge in [0.05, 0.1) is 30.6 Å². The molecule has 33 heavy (non-hydrogen) atoms. The summed E-state index contributed by atoms with van der Waals surface area (Å²) in [6.07, 6.45) is 4.36. The van der Waals surface area contributed by atoms with Crippen molar-refractivity contribution in [3.63, 3.8) is 0 Å². The van der Waals surface area contributed by atoms with Crippen molar-refractivity contribution in [3.8, 4) is 17.6 Å². The molecule has 5 rings (SSSR count). The Kier molecular flexibility index (Phi) is 5.54. The highest BCUT2D eigenvalue weighted by atomic mass is 16.6. The second-order valence-corrected chi connectivity index (χ2v) is 9.91. The van der Waals surface area contributed by atoms with Gasteiger partial charge in [-0.2, -0.15) is 5.26 Å². The van der Waals surface area contributed by atoms with E-state index in [2.05, 4.69) is 18.1 Å². The molecule has 6 nitrogen and oxygen atoms in total. The van der Waals surface area contributed by atoms with Gasteiger partial charge in [-0.3, -0.25) is 0 Å². The van der Waals surface area contributed by atoms with Crippen molar-refractivity contribution in [2.75, 3.05) is 7.11 Å². The highest BCUT2D eigenvalue weighted by Gasteiger charge is 2.55. The molecule has 0 aromatic heterocycles. The number of aliphatic hydroxyl groups excluding tert-OH is 1. The van der Waals surface area contributed by atoms with Gasteiger partial charge in [0.2, 0.25) is 0 Å². The van der Waals surface area contributed by atoms with E-state index in [1.165, 1.54) is 0 Å². The van der Waals surface area contributed by atoms with Crippen LogP contribution in [0.15, 0.2) is 41.6 Å². The Hall–Kier alpha value is -3.04. The molecule has 0 bridgehead atoms. The molecule has 3 aliphatic rings. The van der Waals surface area contributed by atoms with Gasteiger partial charge in [-0.05, 0) is 79.0 Å². The number of methoxy groups -OCH3 is 1. The van der Waals surface area contributed by atoms with E-state index in [1.54, 1.807) is 19.2 Å². The number of ether oxygens (including phenoxy) is 1. The Bertz CT molecular complexity index is 1140. The average molecular weight is 447 g/mol. The molecular weight excluding hydrogens is 416 g/mol. The zero-order chi connectivity index (χ0) is 23.2. The number of benzene rings is 2. The Labute approximate surface area is 194 Å². The van der Waals surface area contributed by atoms with Crippen molar-refractivity contribution < 1.29 is 19.8 Å². The van der Waals surface area contributed by atoms with E-state index in [0.717, 1.165) is 54.5 Å². The zero-order valence-corrected chi connectivity index (χ0v) is 19.1. The summed E-state index contributed by atoms with van der Waals surface area (Å²) in [7, 11) is 1.57. The SMILES string of the molecule is COc1cc2c(cc1O)C(=NOCc1ccccc1C#N)C[C@@H]1[C@@H]2CC[C@]2(C)C(O)CC[C@@H]12. The van der Waals surface area contributed by atoms with Crippen LogP contribution < -0.4 is 4.74 Å². The number of aromatic hydroxyl groups is 1. The van der Waals surface area contributed by atoms with Crippen LogP contribution in [0.3, 0.4) is 0 Å². The van der Waals surface area contributed by atoms with Gasteiger partial charge in [-0.1, -0.05) is 30.3 Å². The lowest BCUT2D eigenvalue weighted by atomic mass is 9.55. The molecule has 0 aliphatic heterocycles. The number of phenolic OH excluding ortho intramolecular Hbond substituents is 1. The van der Waals surface area contributed by atoms with E-state index in [4.69, 9.17) is 9.57 Å². The van der Waals surface area contributed by atoms with Gasteiger partial charge in [0.25, 0.3) is 0 Å². The van der Waals surface area contributed by atoms with Crippen molar-refractivity contribution in [1.29, 1.82) is 5.26 Å². The topological polar surface area (TPSA) is 95.1 Å².